The lowest BCUT2D eigenvalue weighted by molar-refractivity contribution is 0.198. The van der Waals surface area contributed by atoms with Crippen molar-refractivity contribution in [1.29, 1.82) is 0 Å². The summed E-state index contributed by atoms with van der Waals surface area (Å²) in [5.74, 6) is 0. The fourth-order valence-corrected chi connectivity index (χ4v) is 6.93. The van der Waals surface area contributed by atoms with E-state index in [9.17, 15) is 0 Å². The number of hydrogen-bond acceptors (Lipinski definition) is 2. The third-order valence-corrected chi connectivity index (χ3v) is 9.80. The first-order valence-corrected chi connectivity index (χ1v) is 11.3. The predicted octanol–water partition coefficient (Wildman–Crippen LogP) is 5.62. The van der Waals surface area contributed by atoms with Crippen LogP contribution >= 0.6 is 45.8 Å². The molecule has 0 saturated heterocycles. The minimum Gasteiger partial charge on any atom is -0.409 e. The zero-order chi connectivity index (χ0) is 15.3. The Labute approximate surface area is 146 Å². The second-order valence-electron chi connectivity index (χ2n) is 4.87. The number of rotatable bonds is 7. The Morgan fingerprint density at radius 1 is 1.15 bits per heavy atom. The van der Waals surface area contributed by atoms with Gasteiger partial charge in [-0.05, 0) is 52.9 Å². The van der Waals surface area contributed by atoms with Gasteiger partial charge in [-0.2, -0.15) is 0 Å². The summed E-state index contributed by atoms with van der Waals surface area (Å²) in [7, 11) is -1.74. The third kappa shape index (κ3) is 4.33. The summed E-state index contributed by atoms with van der Waals surface area (Å²) in [5, 5.41) is 1.28. The molecule has 0 aliphatic rings. The number of hydrogen-bond donors (Lipinski definition) is 1. The van der Waals surface area contributed by atoms with Gasteiger partial charge in [0.2, 0.25) is 0 Å². The van der Waals surface area contributed by atoms with Gasteiger partial charge in [-0.15, -0.1) is 0 Å². The van der Waals surface area contributed by atoms with Crippen molar-refractivity contribution in [3.05, 3.63) is 31.3 Å². The molecule has 1 aromatic rings. The van der Waals surface area contributed by atoms with E-state index in [1.807, 2.05) is 12.1 Å². The van der Waals surface area contributed by atoms with Crippen molar-refractivity contribution in [2.45, 2.75) is 45.0 Å². The van der Waals surface area contributed by atoms with Crippen LogP contribution in [0, 0.1) is 3.57 Å². The zero-order valence-electron chi connectivity index (χ0n) is 12.2. The van der Waals surface area contributed by atoms with E-state index in [1.54, 1.807) is 0 Å². The standard InChI is InChI=1S/C14H22Cl2INOSi/c1-4-20(5-2,6-3)19-13(9-18)14-11(15)7-10(17)8-12(14)16/h7-8,13H,4-6,9,18H2,1-3H3/t13-/m1/s1. The maximum Gasteiger partial charge on any atom is 0.192 e. The molecule has 0 bridgehead atoms. The molecule has 0 unspecified atom stereocenters. The Bertz CT molecular complexity index is 424. The van der Waals surface area contributed by atoms with Crippen molar-refractivity contribution in [2.75, 3.05) is 6.54 Å². The lowest BCUT2D eigenvalue weighted by Gasteiger charge is -2.33. The van der Waals surface area contributed by atoms with E-state index in [1.165, 1.54) is 0 Å². The molecule has 1 atom stereocenters. The minimum absolute atomic E-state index is 0.210. The van der Waals surface area contributed by atoms with E-state index < -0.39 is 8.32 Å². The maximum atomic E-state index is 6.47. The number of nitrogens with two attached hydrogens (primary N) is 1. The molecular formula is C14H22Cl2INOSi. The second kappa shape index (κ2) is 8.34. The van der Waals surface area contributed by atoms with Crippen molar-refractivity contribution in [1.82, 2.24) is 0 Å². The van der Waals surface area contributed by atoms with Crippen LogP contribution in [0.15, 0.2) is 12.1 Å². The van der Waals surface area contributed by atoms with Gasteiger partial charge in [0.25, 0.3) is 0 Å². The Balaban J connectivity index is 3.14. The lowest BCUT2D eigenvalue weighted by atomic mass is 10.1. The Morgan fingerprint density at radius 2 is 1.60 bits per heavy atom. The van der Waals surface area contributed by atoms with Crippen LogP contribution < -0.4 is 5.73 Å². The van der Waals surface area contributed by atoms with E-state index in [0.717, 1.165) is 27.3 Å². The van der Waals surface area contributed by atoms with Crippen LogP contribution in [0.3, 0.4) is 0 Å². The molecule has 0 aliphatic carbocycles. The molecule has 0 saturated carbocycles. The highest BCUT2D eigenvalue weighted by Gasteiger charge is 2.33. The van der Waals surface area contributed by atoms with Crippen molar-refractivity contribution in [3.8, 4) is 0 Å². The Kier molecular flexibility index (Phi) is 7.80. The summed E-state index contributed by atoms with van der Waals surface area (Å²) in [6, 6.07) is 7.05. The van der Waals surface area contributed by atoms with Crippen molar-refractivity contribution >= 4 is 54.1 Å². The van der Waals surface area contributed by atoms with Crippen LogP contribution in [0.1, 0.15) is 32.4 Å². The van der Waals surface area contributed by atoms with Gasteiger partial charge in [-0.1, -0.05) is 44.0 Å². The topological polar surface area (TPSA) is 35.2 Å². The molecule has 6 heteroatoms. The SMILES string of the molecule is CC[Si](CC)(CC)O[C@H](CN)c1c(Cl)cc(I)cc1Cl. The maximum absolute atomic E-state index is 6.47. The van der Waals surface area contributed by atoms with E-state index in [4.69, 9.17) is 33.4 Å². The van der Waals surface area contributed by atoms with Gasteiger partial charge in [0.05, 0.1) is 6.10 Å². The monoisotopic (exact) mass is 445 g/mol. The van der Waals surface area contributed by atoms with Gasteiger partial charge in [-0.25, -0.2) is 0 Å². The van der Waals surface area contributed by atoms with E-state index in [-0.39, 0.29) is 6.10 Å². The summed E-state index contributed by atoms with van der Waals surface area (Å²) < 4.78 is 7.48. The Hall–Kier alpha value is 0.667. The number of benzene rings is 1. The molecule has 20 heavy (non-hydrogen) atoms. The summed E-state index contributed by atoms with van der Waals surface area (Å²) in [4.78, 5) is 0. The molecule has 2 nitrogen and oxygen atoms in total. The normalized spacial score (nSPS) is 13.6. The van der Waals surface area contributed by atoms with Gasteiger partial charge >= 0.3 is 0 Å². The van der Waals surface area contributed by atoms with E-state index in [0.29, 0.717) is 16.6 Å². The summed E-state index contributed by atoms with van der Waals surface area (Å²) >= 11 is 14.9. The molecule has 0 spiro atoms. The number of halogens is 3. The van der Waals surface area contributed by atoms with Gasteiger partial charge in [0, 0.05) is 25.7 Å². The quantitative estimate of drug-likeness (QED) is 0.436. The summed E-state index contributed by atoms with van der Waals surface area (Å²) in [6.45, 7) is 6.99. The van der Waals surface area contributed by atoms with Crippen LogP contribution in [0.25, 0.3) is 0 Å². The average Bonchev–Trinajstić information content (AvgIpc) is 2.42. The summed E-state index contributed by atoms with van der Waals surface area (Å²) in [6.07, 6.45) is -0.210. The van der Waals surface area contributed by atoms with Gasteiger partial charge in [0.1, 0.15) is 0 Å². The first-order valence-electron chi connectivity index (χ1n) is 6.95. The molecule has 0 amide bonds. The van der Waals surface area contributed by atoms with Crippen LogP contribution in [-0.2, 0) is 4.43 Å². The molecular weight excluding hydrogens is 424 g/mol. The highest BCUT2D eigenvalue weighted by Crippen LogP contribution is 2.37. The molecule has 0 aromatic heterocycles. The molecule has 114 valence electrons. The molecule has 0 fully saturated rings. The first-order chi connectivity index (χ1) is 9.42. The van der Waals surface area contributed by atoms with Crippen molar-refractivity contribution in [2.24, 2.45) is 5.73 Å². The smallest absolute Gasteiger partial charge is 0.192 e. The second-order valence-corrected chi connectivity index (χ2v) is 11.7. The first kappa shape index (κ1) is 18.7. The molecule has 0 radical (unpaired) electrons. The van der Waals surface area contributed by atoms with E-state index in [2.05, 4.69) is 43.4 Å². The minimum atomic E-state index is -1.74. The van der Waals surface area contributed by atoms with Crippen LogP contribution in [0.5, 0.6) is 0 Å². The molecule has 1 rings (SSSR count). The fourth-order valence-electron chi connectivity index (χ4n) is 2.39. The largest absolute Gasteiger partial charge is 0.409 e. The van der Waals surface area contributed by atoms with Gasteiger partial charge in [-0.3, -0.25) is 0 Å². The predicted molar refractivity (Wildman–Crippen MR) is 99.3 cm³/mol. The zero-order valence-corrected chi connectivity index (χ0v) is 16.8. The van der Waals surface area contributed by atoms with Crippen LogP contribution in [0.4, 0.5) is 0 Å². The van der Waals surface area contributed by atoms with Gasteiger partial charge in [0.15, 0.2) is 8.32 Å². The molecule has 0 heterocycles. The van der Waals surface area contributed by atoms with Crippen LogP contribution in [-0.4, -0.2) is 14.9 Å². The van der Waals surface area contributed by atoms with E-state index >= 15 is 0 Å². The van der Waals surface area contributed by atoms with Crippen molar-refractivity contribution in [3.63, 3.8) is 0 Å². The van der Waals surface area contributed by atoms with Gasteiger partial charge < -0.3 is 10.2 Å². The van der Waals surface area contributed by atoms with Crippen LogP contribution in [0.2, 0.25) is 28.2 Å². The Morgan fingerprint density at radius 3 is 1.95 bits per heavy atom. The molecule has 1 aromatic carbocycles. The fraction of sp³-hybridized carbons (Fsp3) is 0.571. The average molecular weight is 446 g/mol. The highest BCUT2D eigenvalue weighted by atomic mass is 127. The highest BCUT2D eigenvalue weighted by molar-refractivity contribution is 14.1. The molecule has 2 N–H and O–H groups in total. The lowest BCUT2D eigenvalue weighted by Crippen LogP contribution is -2.39. The third-order valence-electron chi connectivity index (χ3n) is 3.91. The van der Waals surface area contributed by atoms with Crippen molar-refractivity contribution < 1.29 is 4.43 Å². The molecule has 0 aliphatic heterocycles. The summed E-state index contributed by atoms with van der Waals surface area (Å²) in [5.41, 5.74) is 6.77.